The zero-order chi connectivity index (χ0) is 17.6. The molecule has 2 rings (SSSR count). The van der Waals surface area contributed by atoms with E-state index in [0.29, 0.717) is 23.9 Å². The summed E-state index contributed by atoms with van der Waals surface area (Å²) in [7, 11) is -2.30. The van der Waals surface area contributed by atoms with E-state index in [0.717, 1.165) is 0 Å². The zero-order valence-corrected chi connectivity index (χ0v) is 14.5. The van der Waals surface area contributed by atoms with E-state index in [9.17, 15) is 13.2 Å². The average molecular weight is 369 g/mol. The minimum absolute atomic E-state index is 0.0122. The number of hydrogen-bond donors (Lipinski definition) is 2. The lowest BCUT2D eigenvalue weighted by Gasteiger charge is -2.10. The minimum atomic E-state index is -3.82. The summed E-state index contributed by atoms with van der Waals surface area (Å²) in [5.41, 5.74) is 0.595. The van der Waals surface area contributed by atoms with Gasteiger partial charge in [0.15, 0.2) is 0 Å². The van der Waals surface area contributed by atoms with Gasteiger partial charge < -0.3 is 10.1 Å². The molecule has 0 bridgehead atoms. The smallest absolute Gasteiger partial charge is 0.261 e. The maximum absolute atomic E-state index is 12.4. The summed E-state index contributed by atoms with van der Waals surface area (Å²) >= 11 is 5.85. The molecule has 0 saturated heterocycles. The number of benzene rings is 2. The number of halogens is 1. The van der Waals surface area contributed by atoms with Gasteiger partial charge >= 0.3 is 0 Å². The van der Waals surface area contributed by atoms with Crippen molar-refractivity contribution in [3.05, 3.63) is 59.1 Å². The van der Waals surface area contributed by atoms with Gasteiger partial charge in [0.25, 0.3) is 15.9 Å². The molecular weight excluding hydrogens is 352 g/mol. The van der Waals surface area contributed by atoms with Crippen LogP contribution in [0.5, 0.6) is 0 Å². The summed E-state index contributed by atoms with van der Waals surface area (Å²) in [5, 5.41) is 3.06. The third-order valence-electron chi connectivity index (χ3n) is 3.08. The second-order valence-electron chi connectivity index (χ2n) is 4.89. The fraction of sp³-hybridized carbons (Fsp3) is 0.188. The van der Waals surface area contributed by atoms with Crippen molar-refractivity contribution in [1.29, 1.82) is 0 Å². The van der Waals surface area contributed by atoms with Gasteiger partial charge in [-0.3, -0.25) is 9.52 Å². The average Bonchev–Trinajstić information content (AvgIpc) is 2.55. The number of nitrogens with one attached hydrogen (secondary N) is 2. The van der Waals surface area contributed by atoms with Crippen LogP contribution in [0.15, 0.2) is 53.4 Å². The van der Waals surface area contributed by atoms with E-state index in [2.05, 4.69) is 10.0 Å². The monoisotopic (exact) mass is 368 g/mol. The Kier molecular flexibility index (Phi) is 6.19. The van der Waals surface area contributed by atoms with Crippen LogP contribution in [-0.4, -0.2) is 34.6 Å². The van der Waals surface area contributed by atoms with E-state index < -0.39 is 10.0 Å². The Morgan fingerprint density at radius 1 is 1.17 bits per heavy atom. The summed E-state index contributed by atoms with van der Waals surface area (Å²) < 4.78 is 32.2. The second-order valence-corrected chi connectivity index (χ2v) is 7.01. The first-order valence-electron chi connectivity index (χ1n) is 7.08. The lowest BCUT2D eigenvalue weighted by atomic mass is 10.2. The van der Waals surface area contributed by atoms with Crippen LogP contribution < -0.4 is 10.0 Å². The number of methoxy groups -OCH3 is 1. The van der Waals surface area contributed by atoms with Gasteiger partial charge in [0.2, 0.25) is 0 Å². The maximum Gasteiger partial charge on any atom is 0.261 e. The van der Waals surface area contributed by atoms with Gasteiger partial charge in [0.1, 0.15) is 0 Å². The molecule has 0 atom stereocenters. The van der Waals surface area contributed by atoms with Crippen molar-refractivity contribution in [1.82, 2.24) is 5.32 Å². The standard InChI is InChI=1S/C16H17ClN2O4S/c1-23-9-8-18-16(20)12-4-2-7-15(10-12)24(21,22)19-14-6-3-5-13(17)11-14/h2-7,10-11,19H,8-9H2,1H3,(H,18,20). The van der Waals surface area contributed by atoms with Crippen LogP contribution in [0, 0.1) is 0 Å². The van der Waals surface area contributed by atoms with Crippen LogP contribution in [0.3, 0.4) is 0 Å². The molecule has 0 aliphatic heterocycles. The lowest BCUT2D eigenvalue weighted by Crippen LogP contribution is -2.27. The summed E-state index contributed by atoms with van der Waals surface area (Å²) in [5.74, 6) is -0.369. The Morgan fingerprint density at radius 3 is 2.62 bits per heavy atom. The first-order valence-corrected chi connectivity index (χ1v) is 8.94. The number of sulfonamides is 1. The molecule has 6 nitrogen and oxygen atoms in total. The molecule has 0 aliphatic rings. The predicted molar refractivity (Wildman–Crippen MR) is 92.9 cm³/mol. The molecule has 2 aromatic carbocycles. The molecule has 0 heterocycles. The van der Waals surface area contributed by atoms with Gasteiger partial charge in [-0.25, -0.2) is 8.42 Å². The van der Waals surface area contributed by atoms with Crippen LogP contribution in [0.4, 0.5) is 5.69 Å². The first-order chi connectivity index (χ1) is 11.4. The molecule has 0 saturated carbocycles. The van der Waals surface area contributed by atoms with Gasteiger partial charge in [-0.05, 0) is 36.4 Å². The first kappa shape index (κ1) is 18.3. The molecule has 8 heteroatoms. The molecule has 1 amide bonds. The Hall–Kier alpha value is -2.09. The topological polar surface area (TPSA) is 84.5 Å². The fourth-order valence-corrected chi connectivity index (χ4v) is 3.22. The van der Waals surface area contributed by atoms with Crippen molar-refractivity contribution in [2.75, 3.05) is 25.0 Å². The normalized spacial score (nSPS) is 11.1. The molecule has 0 fully saturated rings. The van der Waals surface area contributed by atoms with E-state index in [1.807, 2.05) is 0 Å². The number of amides is 1. The van der Waals surface area contributed by atoms with Crippen LogP contribution in [0.2, 0.25) is 5.02 Å². The molecule has 2 N–H and O–H groups in total. The number of rotatable bonds is 7. The van der Waals surface area contributed by atoms with Crippen LogP contribution >= 0.6 is 11.6 Å². The van der Waals surface area contributed by atoms with Crippen molar-refractivity contribution in [3.63, 3.8) is 0 Å². The third-order valence-corrected chi connectivity index (χ3v) is 4.69. The SMILES string of the molecule is COCCNC(=O)c1cccc(S(=O)(=O)Nc2cccc(Cl)c2)c1. The van der Waals surface area contributed by atoms with E-state index in [-0.39, 0.29) is 16.4 Å². The lowest BCUT2D eigenvalue weighted by molar-refractivity contribution is 0.0937. The number of ether oxygens (including phenoxy) is 1. The molecule has 2 aromatic rings. The van der Waals surface area contributed by atoms with Crippen molar-refractivity contribution in [2.45, 2.75) is 4.90 Å². The Bertz CT molecular complexity index is 824. The highest BCUT2D eigenvalue weighted by Crippen LogP contribution is 2.20. The van der Waals surface area contributed by atoms with Gasteiger partial charge in [0, 0.05) is 24.2 Å². The molecule has 128 valence electrons. The highest BCUT2D eigenvalue weighted by molar-refractivity contribution is 7.92. The number of hydrogen-bond acceptors (Lipinski definition) is 4. The highest BCUT2D eigenvalue weighted by Gasteiger charge is 2.16. The van der Waals surface area contributed by atoms with Gasteiger partial charge in [0.05, 0.1) is 17.2 Å². The molecular formula is C16H17ClN2O4S. The van der Waals surface area contributed by atoms with E-state index in [4.69, 9.17) is 16.3 Å². The van der Waals surface area contributed by atoms with Crippen molar-refractivity contribution < 1.29 is 17.9 Å². The number of anilines is 1. The Balaban J connectivity index is 2.18. The third kappa shape index (κ3) is 4.95. The largest absolute Gasteiger partial charge is 0.383 e. The van der Waals surface area contributed by atoms with E-state index >= 15 is 0 Å². The van der Waals surface area contributed by atoms with Gasteiger partial charge in [-0.1, -0.05) is 23.7 Å². The van der Waals surface area contributed by atoms with Crippen molar-refractivity contribution >= 4 is 33.2 Å². The minimum Gasteiger partial charge on any atom is -0.383 e. The molecule has 0 aromatic heterocycles. The summed E-state index contributed by atoms with van der Waals surface area (Å²) in [6, 6.07) is 12.2. The summed E-state index contributed by atoms with van der Waals surface area (Å²) in [6.07, 6.45) is 0. The van der Waals surface area contributed by atoms with Gasteiger partial charge in [-0.15, -0.1) is 0 Å². The Labute approximate surface area is 145 Å². The Morgan fingerprint density at radius 2 is 1.92 bits per heavy atom. The van der Waals surface area contributed by atoms with Crippen molar-refractivity contribution in [2.24, 2.45) is 0 Å². The van der Waals surface area contributed by atoms with Crippen LogP contribution in [-0.2, 0) is 14.8 Å². The second kappa shape index (κ2) is 8.14. The van der Waals surface area contributed by atoms with Crippen LogP contribution in [0.1, 0.15) is 10.4 Å². The molecule has 24 heavy (non-hydrogen) atoms. The summed E-state index contributed by atoms with van der Waals surface area (Å²) in [6.45, 7) is 0.715. The molecule has 0 spiro atoms. The fourth-order valence-electron chi connectivity index (χ4n) is 1.94. The van der Waals surface area contributed by atoms with E-state index in [1.54, 1.807) is 24.3 Å². The summed E-state index contributed by atoms with van der Waals surface area (Å²) in [4.78, 5) is 12.0. The molecule has 0 aliphatic carbocycles. The molecule has 0 radical (unpaired) electrons. The van der Waals surface area contributed by atoms with Crippen LogP contribution in [0.25, 0.3) is 0 Å². The molecule has 0 unspecified atom stereocenters. The number of carbonyl (C=O) groups excluding carboxylic acids is 1. The predicted octanol–water partition coefficient (Wildman–Crippen LogP) is 2.52. The highest BCUT2D eigenvalue weighted by atomic mass is 35.5. The van der Waals surface area contributed by atoms with E-state index in [1.165, 1.54) is 31.4 Å². The number of carbonyl (C=O) groups is 1. The van der Waals surface area contributed by atoms with Crippen molar-refractivity contribution in [3.8, 4) is 0 Å². The maximum atomic E-state index is 12.4. The zero-order valence-electron chi connectivity index (χ0n) is 13.0. The van der Waals surface area contributed by atoms with Gasteiger partial charge in [-0.2, -0.15) is 0 Å². The quantitative estimate of drug-likeness (QED) is 0.735.